The van der Waals surface area contributed by atoms with Gasteiger partial charge in [0.1, 0.15) is 17.3 Å². The number of ether oxygens (including phenoxy) is 2. The van der Waals surface area contributed by atoms with Crippen molar-refractivity contribution in [3.05, 3.63) is 52.8 Å². The molecule has 2 N–H and O–H groups in total. The number of hydrogen-bond acceptors (Lipinski definition) is 4. The van der Waals surface area contributed by atoms with Gasteiger partial charge in [0.05, 0.1) is 24.9 Å². The van der Waals surface area contributed by atoms with Gasteiger partial charge in [-0.25, -0.2) is 4.39 Å². The van der Waals surface area contributed by atoms with E-state index in [0.717, 1.165) is 5.56 Å². The van der Waals surface area contributed by atoms with Crippen molar-refractivity contribution in [3.63, 3.8) is 0 Å². The Kier molecular flexibility index (Phi) is 7.45. The molecule has 0 saturated carbocycles. The molecule has 0 heterocycles. The molecule has 0 radical (unpaired) electrons. The summed E-state index contributed by atoms with van der Waals surface area (Å²) in [5.74, 6) is 0.566. The fourth-order valence-electron chi connectivity index (χ4n) is 2.75. The molecule has 146 valence electrons. The van der Waals surface area contributed by atoms with Crippen LogP contribution in [0.15, 0.2) is 36.4 Å². The third-order valence-electron chi connectivity index (χ3n) is 4.15. The molecule has 0 bridgehead atoms. The molecule has 0 saturated heterocycles. The largest absolute Gasteiger partial charge is 0.497 e. The zero-order valence-electron chi connectivity index (χ0n) is 15.8. The molecule has 27 heavy (non-hydrogen) atoms. The minimum Gasteiger partial charge on any atom is -0.497 e. The van der Waals surface area contributed by atoms with E-state index in [9.17, 15) is 9.18 Å². The maximum absolute atomic E-state index is 13.3. The van der Waals surface area contributed by atoms with Crippen molar-refractivity contribution < 1.29 is 18.7 Å². The summed E-state index contributed by atoms with van der Waals surface area (Å²) in [5, 5.41) is 6.24. The lowest BCUT2D eigenvalue weighted by Crippen LogP contribution is -2.32. The molecule has 2 aromatic rings. The van der Waals surface area contributed by atoms with Gasteiger partial charge >= 0.3 is 0 Å². The lowest BCUT2D eigenvalue weighted by molar-refractivity contribution is -0.116. The molecule has 0 aromatic heterocycles. The van der Waals surface area contributed by atoms with E-state index in [0.29, 0.717) is 17.2 Å². The van der Waals surface area contributed by atoms with Crippen molar-refractivity contribution in [1.82, 2.24) is 5.32 Å². The number of rotatable bonds is 8. The summed E-state index contributed by atoms with van der Waals surface area (Å²) >= 11 is 5.83. The highest BCUT2D eigenvalue weighted by Gasteiger charge is 2.16. The summed E-state index contributed by atoms with van der Waals surface area (Å²) in [6.45, 7) is 3.84. The highest BCUT2D eigenvalue weighted by molar-refractivity contribution is 6.30. The molecule has 1 amide bonds. The second-order valence-corrected chi connectivity index (χ2v) is 6.69. The number of carbonyl (C=O) groups excluding carboxylic acids is 1. The summed E-state index contributed by atoms with van der Waals surface area (Å²) in [6, 6.07) is 9.60. The first-order valence-electron chi connectivity index (χ1n) is 8.57. The Morgan fingerprint density at radius 2 is 1.89 bits per heavy atom. The predicted octanol–water partition coefficient (Wildman–Crippen LogP) is 4.56. The van der Waals surface area contributed by atoms with Gasteiger partial charge in [0.15, 0.2) is 0 Å². The Bertz CT molecular complexity index is 801. The Hall–Kier alpha value is -2.31. The van der Waals surface area contributed by atoms with Gasteiger partial charge in [0, 0.05) is 24.6 Å². The van der Waals surface area contributed by atoms with Crippen LogP contribution in [0.3, 0.4) is 0 Å². The molecule has 2 unspecified atom stereocenters. The minimum absolute atomic E-state index is 0.0802. The highest BCUT2D eigenvalue weighted by Crippen LogP contribution is 2.29. The molecular formula is C20H24ClFN2O3. The van der Waals surface area contributed by atoms with Crippen molar-refractivity contribution in [2.75, 3.05) is 19.5 Å². The van der Waals surface area contributed by atoms with Gasteiger partial charge < -0.3 is 20.1 Å². The number of nitrogens with one attached hydrogen (secondary N) is 2. The predicted molar refractivity (Wildman–Crippen MR) is 105 cm³/mol. The van der Waals surface area contributed by atoms with Gasteiger partial charge in [0.2, 0.25) is 5.91 Å². The van der Waals surface area contributed by atoms with E-state index in [4.69, 9.17) is 21.1 Å². The molecule has 0 aliphatic carbocycles. The van der Waals surface area contributed by atoms with E-state index in [1.807, 2.05) is 13.8 Å². The van der Waals surface area contributed by atoms with E-state index in [1.165, 1.54) is 13.2 Å². The molecule has 0 aliphatic heterocycles. The molecule has 2 aromatic carbocycles. The molecule has 0 spiro atoms. The summed E-state index contributed by atoms with van der Waals surface area (Å²) < 4.78 is 23.7. The molecule has 2 atom stereocenters. The first-order chi connectivity index (χ1) is 12.8. The van der Waals surface area contributed by atoms with Gasteiger partial charge in [0.25, 0.3) is 0 Å². The topological polar surface area (TPSA) is 59.6 Å². The highest BCUT2D eigenvalue weighted by atomic mass is 35.5. The molecule has 5 nitrogen and oxygen atoms in total. The van der Waals surface area contributed by atoms with Crippen LogP contribution in [0.1, 0.15) is 31.9 Å². The van der Waals surface area contributed by atoms with E-state index in [2.05, 4.69) is 10.6 Å². The zero-order chi connectivity index (χ0) is 20.0. The number of anilines is 1. The van der Waals surface area contributed by atoms with Gasteiger partial charge in [-0.15, -0.1) is 0 Å². The van der Waals surface area contributed by atoms with E-state index in [-0.39, 0.29) is 29.4 Å². The minimum atomic E-state index is -0.452. The van der Waals surface area contributed by atoms with Crippen LogP contribution in [0.4, 0.5) is 10.1 Å². The van der Waals surface area contributed by atoms with Crippen LogP contribution in [0.2, 0.25) is 5.02 Å². The Labute approximate surface area is 163 Å². The molecule has 7 heteroatoms. The molecule has 0 aliphatic rings. The Balaban J connectivity index is 1.96. The maximum atomic E-state index is 13.3. The van der Waals surface area contributed by atoms with Gasteiger partial charge in [-0.3, -0.25) is 4.79 Å². The van der Waals surface area contributed by atoms with Crippen LogP contribution in [0.5, 0.6) is 11.5 Å². The third kappa shape index (κ3) is 5.84. The second-order valence-electron chi connectivity index (χ2n) is 6.28. The summed E-state index contributed by atoms with van der Waals surface area (Å²) in [5.41, 5.74) is 1.40. The standard InChI is InChI=1S/C20H24ClFN2O3/c1-12(23-13(2)14-5-7-17(22)16(21)10-14)9-20(25)24-18-11-15(26-3)6-8-19(18)27-4/h5-8,10-13,23H,9H2,1-4H3,(H,24,25). The van der Waals surface area contributed by atoms with Crippen LogP contribution in [-0.2, 0) is 4.79 Å². The fraction of sp³-hybridized carbons (Fsp3) is 0.350. The number of halogens is 2. The number of hydrogen-bond donors (Lipinski definition) is 2. The first-order valence-corrected chi connectivity index (χ1v) is 8.94. The Morgan fingerprint density at radius 3 is 2.52 bits per heavy atom. The van der Waals surface area contributed by atoms with Crippen LogP contribution in [-0.4, -0.2) is 26.2 Å². The van der Waals surface area contributed by atoms with Crippen LogP contribution < -0.4 is 20.1 Å². The van der Waals surface area contributed by atoms with E-state index < -0.39 is 5.82 Å². The van der Waals surface area contributed by atoms with Crippen LogP contribution >= 0.6 is 11.6 Å². The normalized spacial score (nSPS) is 13.0. The SMILES string of the molecule is COc1ccc(OC)c(NC(=O)CC(C)NC(C)c2ccc(F)c(Cl)c2)c1. The van der Waals surface area contributed by atoms with Crippen LogP contribution in [0, 0.1) is 5.82 Å². The van der Waals surface area contributed by atoms with Gasteiger partial charge in [-0.2, -0.15) is 0 Å². The quantitative estimate of drug-likeness (QED) is 0.688. The average molecular weight is 395 g/mol. The van der Waals surface area contributed by atoms with Crippen molar-refractivity contribution in [3.8, 4) is 11.5 Å². The van der Waals surface area contributed by atoms with Crippen LogP contribution in [0.25, 0.3) is 0 Å². The summed E-state index contributed by atoms with van der Waals surface area (Å²) in [6.07, 6.45) is 0.250. The first kappa shape index (κ1) is 21.0. The molecule has 2 rings (SSSR count). The van der Waals surface area contributed by atoms with Gasteiger partial charge in [-0.05, 0) is 43.7 Å². The number of methoxy groups -OCH3 is 2. The summed E-state index contributed by atoms with van der Waals surface area (Å²) in [4.78, 5) is 12.4. The summed E-state index contributed by atoms with van der Waals surface area (Å²) in [7, 11) is 3.10. The lowest BCUT2D eigenvalue weighted by Gasteiger charge is -2.21. The molecule has 0 fully saturated rings. The number of amides is 1. The Morgan fingerprint density at radius 1 is 1.15 bits per heavy atom. The third-order valence-corrected chi connectivity index (χ3v) is 4.44. The van der Waals surface area contributed by atoms with Crippen molar-refractivity contribution >= 4 is 23.2 Å². The van der Waals surface area contributed by atoms with E-state index in [1.54, 1.807) is 37.4 Å². The van der Waals surface area contributed by atoms with Crippen molar-refractivity contribution in [2.45, 2.75) is 32.4 Å². The van der Waals surface area contributed by atoms with Crippen molar-refractivity contribution in [1.29, 1.82) is 0 Å². The smallest absolute Gasteiger partial charge is 0.226 e. The average Bonchev–Trinajstić information content (AvgIpc) is 2.63. The monoisotopic (exact) mass is 394 g/mol. The van der Waals surface area contributed by atoms with Crippen molar-refractivity contribution in [2.24, 2.45) is 0 Å². The maximum Gasteiger partial charge on any atom is 0.226 e. The fourth-order valence-corrected chi connectivity index (χ4v) is 2.94. The molecular weight excluding hydrogens is 371 g/mol. The number of carbonyl (C=O) groups is 1. The number of benzene rings is 2. The van der Waals surface area contributed by atoms with E-state index >= 15 is 0 Å². The van der Waals surface area contributed by atoms with Gasteiger partial charge in [-0.1, -0.05) is 17.7 Å². The second kappa shape index (κ2) is 9.58. The lowest BCUT2D eigenvalue weighted by atomic mass is 10.1. The zero-order valence-corrected chi connectivity index (χ0v) is 16.6.